The van der Waals surface area contributed by atoms with Crippen LogP contribution in [0.1, 0.15) is 25.3 Å². The molecule has 7 heteroatoms. The lowest BCUT2D eigenvalue weighted by Gasteiger charge is -2.24. The lowest BCUT2D eigenvalue weighted by atomic mass is 10.1. The Balaban J connectivity index is 2.09. The molecule has 0 aromatic heterocycles. The molecule has 118 valence electrons. The predicted octanol–water partition coefficient (Wildman–Crippen LogP) is 3.28. The molecule has 0 spiro atoms. The quantitative estimate of drug-likeness (QED) is 0.763. The number of sulfone groups is 1. The molecule has 1 N–H and O–H groups in total. The molecule has 1 saturated heterocycles. The molecule has 2 rings (SSSR count). The Kier molecular flexibility index (Phi) is 6.11. The smallest absolute Gasteiger partial charge is 0.151 e. The molecule has 0 saturated carbocycles. The largest absolute Gasteiger partial charge is 0.492 e. The van der Waals surface area contributed by atoms with E-state index in [1.54, 1.807) is 0 Å². The van der Waals surface area contributed by atoms with Gasteiger partial charge in [-0.25, -0.2) is 8.42 Å². The van der Waals surface area contributed by atoms with Crippen LogP contribution in [0, 0.1) is 0 Å². The summed E-state index contributed by atoms with van der Waals surface area (Å²) in [6.45, 7) is 3.12. The highest BCUT2D eigenvalue weighted by molar-refractivity contribution is 9.11. The number of hydrogen-bond donors (Lipinski definition) is 1. The minimum absolute atomic E-state index is 0.0241. The topological polar surface area (TPSA) is 55.4 Å². The third-order valence-electron chi connectivity index (χ3n) is 3.42. The minimum Gasteiger partial charge on any atom is -0.492 e. The van der Waals surface area contributed by atoms with Gasteiger partial charge < -0.3 is 10.1 Å². The number of rotatable bonds is 5. The van der Waals surface area contributed by atoms with Crippen molar-refractivity contribution in [2.24, 2.45) is 0 Å². The second-order valence-corrected chi connectivity index (χ2v) is 9.14. The number of nitrogens with one attached hydrogen (secondary N) is 1. The van der Waals surface area contributed by atoms with Gasteiger partial charge in [0, 0.05) is 22.6 Å². The van der Waals surface area contributed by atoms with E-state index in [1.807, 2.05) is 19.1 Å². The Bertz CT molecular complexity index is 604. The Morgan fingerprint density at radius 3 is 2.81 bits per heavy atom. The zero-order chi connectivity index (χ0) is 15.5. The first-order chi connectivity index (χ1) is 9.91. The predicted molar refractivity (Wildman–Crippen MR) is 91.5 cm³/mol. The summed E-state index contributed by atoms with van der Waals surface area (Å²) in [6, 6.07) is 3.97. The second kappa shape index (κ2) is 7.44. The number of benzene rings is 1. The second-order valence-electron chi connectivity index (χ2n) is 5.14. The van der Waals surface area contributed by atoms with Crippen molar-refractivity contribution in [1.29, 1.82) is 0 Å². The van der Waals surface area contributed by atoms with Crippen LogP contribution >= 0.6 is 31.9 Å². The Hall–Kier alpha value is -0.110. The van der Waals surface area contributed by atoms with Gasteiger partial charge in [-0.2, -0.15) is 0 Å². The first kappa shape index (κ1) is 17.2. The summed E-state index contributed by atoms with van der Waals surface area (Å²) in [5.74, 6) is 1.36. The van der Waals surface area contributed by atoms with Crippen LogP contribution in [0.5, 0.6) is 5.75 Å². The van der Waals surface area contributed by atoms with Crippen molar-refractivity contribution in [2.45, 2.75) is 32.4 Å². The highest BCUT2D eigenvalue weighted by Gasteiger charge is 2.24. The molecule has 1 aliphatic heterocycles. The van der Waals surface area contributed by atoms with Crippen LogP contribution in [-0.4, -0.2) is 32.6 Å². The van der Waals surface area contributed by atoms with E-state index in [2.05, 4.69) is 37.2 Å². The molecule has 0 amide bonds. The summed E-state index contributed by atoms with van der Waals surface area (Å²) in [6.07, 6.45) is 1.64. The lowest BCUT2D eigenvalue weighted by Crippen LogP contribution is -2.39. The Morgan fingerprint density at radius 2 is 2.14 bits per heavy atom. The molecule has 1 fully saturated rings. The molecule has 1 aliphatic rings. The standard InChI is InChI=1S/C14H19Br2NO3S/c1-2-20-14-10(6-11(15)7-13(14)16)8-17-12-4-3-5-21(18,19)9-12/h6-7,12,17H,2-5,8-9H2,1H3. The maximum Gasteiger partial charge on any atom is 0.151 e. The Morgan fingerprint density at radius 1 is 1.38 bits per heavy atom. The highest BCUT2D eigenvalue weighted by Crippen LogP contribution is 2.33. The van der Waals surface area contributed by atoms with Gasteiger partial charge in [-0.05, 0) is 47.8 Å². The van der Waals surface area contributed by atoms with E-state index in [0.717, 1.165) is 33.1 Å². The van der Waals surface area contributed by atoms with Gasteiger partial charge >= 0.3 is 0 Å². The number of ether oxygens (including phenoxy) is 1. The van der Waals surface area contributed by atoms with Gasteiger partial charge in [0.2, 0.25) is 0 Å². The fourth-order valence-electron chi connectivity index (χ4n) is 2.49. The van der Waals surface area contributed by atoms with Crippen LogP contribution < -0.4 is 10.1 Å². The first-order valence-corrected chi connectivity index (χ1v) is 10.4. The molecule has 1 heterocycles. The van der Waals surface area contributed by atoms with Crippen molar-refractivity contribution in [3.05, 3.63) is 26.6 Å². The zero-order valence-corrected chi connectivity index (χ0v) is 15.9. The fraction of sp³-hybridized carbons (Fsp3) is 0.571. The van der Waals surface area contributed by atoms with Gasteiger partial charge in [-0.1, -0.05) is 15.9 Å². The summed E-state index contributed by atoms with van der Waals surface area (Å²) in [5.41, 5.74) is 1.01. The van der Waals surface area contributed by atoms with E-state index in [9.17, 15) is 8.42 Å². The van der Waals surface area contributed by atoms with Crippen LogP contribution in [0.4, 0.5) is 0 Å². The van der Waals surface area contributed by atoms with Crippen molar-refractivity contribution in [3.8, 4) is 5.75 Å². The van der Waals surface area contributed by atoms with E-state index >= 15 is 0 Å². The molecule has 1 atom stereocenters. The lowest BCUT2D eigenvalue weighted by molar-refractivity contribution is 0.332. The number of halogens is 2. The summed E-state index contributed by atoms with van der Waals surface area (Å²) in [7, 11) is -2.89. The number of hydrogen-bond acceptors (Lipinski definition) is 4. The summed E-state index contributed by atoms with van der Waals surface area (Å²) in [5, 5.41) is 3.35. The van der Waals surface area contributed by atoms with E-state index in [0.29, 0.717) is 18.9 Å². The third kappa shape index (κ3) is 4.94. The van der Waals surface area contributed by atoms with Gasteiger partial charge in [0.15, 0.2) is 9.84 Å². The molecule has 0 bridgehead atoms. The normalized spacial score (nSPS) is 21.2. The van der Waals surface area contributed by atoms with E-state index in [-0.39, 0.29) is 11.8 Å². The van der Waals surface area contributed by atoms with E-state index in [4.69, 9.17) is 4.74 Å². The maximum absolute atomic E-state index is 11.7. The molecule has 21 heavy (non-hydrogen) atoms. The van der Waals surface area contributed by atoms with Gasteiger partial charge in [0.05, 0.1) is 22.6 Å². The monoisotopic (exact) mass is 439 g/mol. The van der Waals surface area contributed by atoms with E-state index < -0.39 is 9.84 Å². The maximum atomic E-state index is 11.7. The molecule has 1 unspecified atom stereocenters. The third-order valence-corrected chi connectivity index (χ3v) is 6.29. The zero-order valence-electron chi connectivity index (χ0n) is 11.9. The SMILES string of the molecule is CCOc1c(Br)cc(Br)cc1CNC1CCCS(=O)(=O)C1. The van der Waals surface area contributed by atoms with Crippen LogP contribution in [0.15, 0.2) is 21.1 Å². The molecule has 1 aromatic carbocycles. The van der Waals surface area contributed by atoms with Gasteiger partial charge in [-0.3, -0.25) is 0 Å². The molecule has 0 radical (unpaired) electrons. The Labute approximate surface area is 142 Å². The van der Waals surface area contributed by atoms with Crippen molar-refractivity contribution in [1.82, 2.24) is 5.32 Å². The molecular weight excluding hydrogens is 422 g/mol. The van der Waals surface area contributed by atoms with Crippen LogP contribution in [0.25, 0.3) is 0 Å². The summed E-state index contributed by atoms with van der Waals surface area (Å²) in [4.78, 5) is 0. The van der Waals surface area contributed by atoms with Crippen LogP contribution in [0.2, 0.25) is 0 Å². The van der Waals surface area contributed by atoms with Crippen molar-refractivity contribution >= 4 is 41.7 Å². The molecule has 1 aromatic rings. The van der Waals surface area contributed by atoms with Crippen LogP contribution in [0.3, 0.4) is 0 Å². The first-order valence-electron chi connectivity index (χ1n) is 6.96. The molecule has 4 nitrogen and oxygen atoms in total. The van der Waals surface area contributed by atoms with Crippen molar-refractivity contribution in [3.63, 3.8) is 0 Å². The van der Waals surface area contributed by atoms with E-state index in [1.165, 1.54) is 0 Å². The average molecular weight is 441 g/mol. The summed E-state index contributed by atoms with van der Waals surface area (Å²) >= 11 is 6.98. The molecular formula is C14H19Br2NO3S. The van der Waals surface area contributed by atoms with Crippen LogP contribution in [-0.2, 0) is 16.4 Å². The van der Waals surface area contributed by atoms with Crippen molar-refractivity contribution < 1.29 is 13.2 Å². The van der Waals surface area contributed by atoms with Gasteiger partial charge in [-0.15, -0.1) is 0 Å². The average Bonchev–Trinajstić information content (AvgIpc) is 2.39. The van der Waals surface area contributed by atoms with Gasteiger partial charge in [0.1, 0.15) is 5.75 Å². The minimum atomic E-state index is -2.89. The fourth-order valence-corrected chi connectivity index (χ4v) is 5.59. The van der Waals surface area contributed by atoms with Gasteiger partial charge in [0.25, 0.3) is 0 Å². The van der Waals surface area contributed by atoms with Crippen molar-refractivity contribution in [2.75, 3.05) is 18.1 Å². The highest BCUT2D eigenvalue weighted by atomic mass is 79.9. The molecule has 0 aliphatic carbocycles. The summed E-state index contributed by atoms with van der Waals surface area (Å²) < 4.78 is 30.9.